The number of ether oxygens (including phenoxy) is 2. The zero-order valence-electron chi connectivity index (χ0n) is 20.6. The summed E-state index contributed by atoms with van der Waals surface area (Å²) >= 11 is 0. The van der Waals surface area contributed by atoms with Crippen LogP contribution in [-0.2, 0) is 19.6 Å². The molecule has 0 aliphatic carbocycles. The average Bonchev–Trinajstić information content (AvgIpc) is 3.33. The highest BCUT2D eigenvalue weighted by Gasteiger charge is 2.30. The van der Waals surface area contributed by atoms with Crippen LogP contribution in [0.2, 0.25) is 0 Å². The molecule has 6 nitrogen and oxygen atoms in total. The molecule has 3 aromatic carbocycles. The van der Waals surface area contributed by atoms with Crippen LogP contribution in [0.3, 0.4) is 0 Å². The first-order valence-electron chi connectivity index (χ1n) is 12.1. The van der Waals surface area contributed by atoms with Crippen LogP contribution in [0.4, 0.5) is 0 Å². The van der Waals surface area contributed by atoms with Crippen molar-refractivity contribution >= 4 is 11.9 Å². The van der Waals surface area contributed by atoms with Crippen LogP contribution in [0.1, 0.15) is 53.0 Å². The molecule has 0 saturated carbocycles. The van der Waals surface area contributed by atoms with Crippen molar-refractivity contribution < 1.29 is 14.3 Å². The molecule has 6 heteroatoms. The maximum absolute atomic E-state index is 13.2. The molecule has 1 aliphatic heterocycles. The quantitative estimate of drug-likeness (QED) is 0.232. The van der Waals surface area contributed by atoms with E-state index in [1.807, 2.05) is 66.9 Å². The van der Waals surface area contributed by atoms with Crippen molar-refractivity contribution in [3.8, 4) is 11.5 Å². The Morgan fingerprint density at radius 3 is 2.58 bits per heavy atom. The van der Waals surface area contributed by atoms with Crippen LogP contribution in [0.15, 0.2) is 85.1 Å². The van der Waals surface area contributed by atoms with E-state index in [0.717, 1.165) is 35.3 Å². The number of carbonyl (C=O) groups is 1. The van der Waals surface area contributed by atoms with Gasteiger partial charge in [0.15, 0.2) is 5.78 Å². The second-order valence-electron chi connectivity index (χ2n) is 9.57. The summed E-state index contributed by atoms with van der Waals surface area (Å²) in [6.07, 6.45) is 6.88. The average molecular weight is 480 g/mol. The van der Waals surface area contributed by atoms with Crippen molar-refractivity contribution in [2.75, 3.05) is 0 Å². The van der Waals surface area contributed by atoms with E-state index in [1.54, 1.807) is 16.8 Å². The molecule has 1 aromatic heterocycles. The minimum Gasteiger partial charge on any atom is -0.487 e. The van der Waals surface area contributed by atoms with Gasteiger partial charge in [-0.2, -0.15) is 0 Å². The molecular formula is C30H29N3O3. The minimum absolute atomic E-state index is 0.116. The van der Waals surface area contributed by atoms with Crippen LogP contribution in [-0.4, -0.2) is 26.4 Å². The molecule has 5 rings (SSSR count). The minimum atomic E-state index is -0.261. The summed E-state index contributed by atoms with van der Waals surface area (Å²) in [6.45, 7) is 4.98. The molecule has 0 unspecified atom stereocenters. The topological polar surface area (TPSA) is 66.2 Å². The van der Waals surface area contributed by atoms with Gasteiger partial charge in [0, 0.05) is 5.56 Å². The first-order chi connectivity index (χ1) is 17.5. The van der Waals surface area contributed by atoms with Gasteiger partial charge in [-0.15, -0.1) is 5.10 Å². The number of hydrogen-bond acceptors (Lipinski definition) is 5. The largest absolute Gasteiger partial charge is 0.487 e. The summed E-state index contributed by atoms with van der Waals surface area (Å²) in [7, 11) is 0. The Kier molecular flexibility index (Phi) is 6.67. The van der Waals surface area contributed by atoms with Gasteiger partial charge in [-0.25, -0.2) is 4.68 Å². The second kappa shape index (κ2) is 10.2. The van der Waals surface area contributed by atoms with Crippen molar-refractivity contribution in [1.82, 2.24) is 15.0 Å². The predicted octanol–water partition coefficient (Wildman–Crippen LogP) is 5.91. The van der Waals surface area contributed by atoms with Gasteiger partial charge in [0.1, 0.15) is 29.4 Å². The van der Waals surface area contributed by atoms with Gasteiger partial charge in [0.05, 0.1) is 18.3 Å². The molecule has 0 bridgehead atoms. The highest BCUT2D eigenvalue weighted by molar-refractivity contribution is 6.09. The Morgan fingerprint density at radius 1 is 1.06 bits per heavy atom. The molecule has 182 valence electrons. The summed E-state index contributed by atoms with van der Waals surface area (Å²) < 4.78 is 14.3. The van der Waals surface area contributed by atoms with Crippen LogP contribution >= 0.6 is 0 Å². The second-order valence-corrected chi connectivity index (χ2v) is 9.57. The van der Waals surface area contributed by atoms with Gasteiger partial charge in [0.2, 0.25) is 0 Å². The lowest BCUT2D eigenvalue weighted by molar-refractivity contribution is 0.0829. The fraction of sp³-hybridized carbons (Fsp3) is 0.233. The van der Waals surface area contributed by atoms with Crippen molar-refractivity contribution in [3.05, 3.63) is 113 Å². The highest BCUT2D eigenvalue weighted by Crippen LogP contribution is 2.41. The molecule has 0 spiro atoms. The lowest BCUT2D eigenvalue weighted by atomic mass is 9.91. The molecule has 0 fully saturated rings. The smallest absolute Gasteiger partial charge is 0.189 e. The molecule has 0 saturated heterocycles. The molecule has 0 N–H and O–H groups in total. The molecule has 36 heavy (non-hydrogen) atoms. The van der Waals surface area contributed by atoms with Gasteiger partial charge >= 0.3 is 0 Å². The zero-order valence-corrected chi connectivity index (χ0v) is 20.6. The number of allylic oxidation sites excluding steroid dienone is 1. The third-order valence-electron chi connectivity index (χ3n) is 6.21. The van der Waals surface area contributed by atoms with E-state index in [1.165, 1.54) is 0 Å². The summed E-state index contributed by atoms with van der Waals surface area (Å²) in [5.74, 6) is 1.20. The third-order valence-corrected chi connectivity index (χ3v) is 6.21. The SMILES string of the molecule is CC1(C)CCc2c(ccc(C(=O)/C=C/c3ccccc3)c2OCc2cn(Cc3ccccc3)nn2)O1. The van der Waals surface area contributed by atoms with Gasteiger partial charge in [-0.3, -0.25) is 4.79 Å². The Morgan fingerprint density at radius 2 is 1.81 bits per heavy atom. The number of rotatable bonds is 8. The van der Waals surface area contributed by atoms with E-state index in [2.05, 4.69) is 36.3 Å². The van der Waals surface area contributed by atoms with E-state index in [9.17, 15) is 4.79 Å². The fourth-order valence-electron chi connectivity index (χ4n) is 4.30. The van der Waals surface area contributed by atoms with Crippen LogP contribution in [0, 0.1) is 0 Å². The number of benzene rings is 3. The first-order valence-corrected chi connectivity index (χ1v) is 12.1. The maximum Gasteiger partial charge on any atom is 0.189 e. The molecular weight excluding hydrogens is 450 g/mol. The van der Waals surface area contributed by atoms with Crippen LogP contribution in [0.25, 0.3) is 6.08 Å². The number of hydrogen-bond donors (Lipinski definition) is 0. The normalized spacial score (nSPS) is 14.3. The lowest BCUT2D eigenvalue weighted by Crippen LogP contribution is -2.33. The van der Waals surface area contributed by atoms with Crippen molar-refractivity contribution in [3.63, 3.8) is 0 Å². The molecule has 2 heterocycles. The Bertz CT molecular complexity index is 1380. The van der Waals surface area contributed by atoms with E-state index >= 15 is 0 Å². The lowest BCUT2D eigenvalue weighted by Gasteiger charge is -2.33. The van der Waals surface area contributed by atoms with Gasteiger partial charge < -0.3 is 9.47 Å². The van der Waals surface area contributed by atoms with Crippen molar-refractivity contribution in [1.29, 1.82) is 0 Å². The van der Waals surface area contributed by atoms with Crippen molar-refractivity contribution in [2.24, 2.45) is 0 Å². The van der Waals surface area contributed by atoms with E-state index in [4.69, 9.17) is 9.47 Å². The highest BCUT2D eigenvalue weighted by atomic mass is 16.5. The standard InChI is InChI=1S/C30H29N3O3/c1-30(2)18-17-26-28(36-30)16-14-25(27(34)15-13-22-9-5-3-6-10-22)29(26)35-21-24-20-33(32-31-24)19-23-11-7-4-8-12-23/h3-16,20H,17-19,21H2,1-2H3/b15-13+. The predicted molar refractivity (Wildman–Crippen MR) is 139 cm³/mol. The summed E-state index contributed by atoms with van der Waals surface area (Å²) in [4.78, 5) is 13.2. The van der Waals surface area contributed by atoms with E-state index in [0.29, 0.717) is 23.6 Å². The molecule has 4 aromatic rings. The number of ketones is 1. The van der Waals surface area contributed by atoms with Crippen LogP contribution < -0.4 is 9.47 Å². The van der Waals surface area contributed by atoms with Gasteiger partial charge in [-0.1, -0.05) is 72.0 Å². The first kappa shape index (κ1) is 23.5. The number of nitrogens with zero attached hydrogens (tertiary/aromatic N) is 3. The fourth-order valence-corrected chi connectivity index (χ4v) is 4.30. The maximum atomic E-state index is 13.2. The molecule has 1 aliphatic rings. The van der Waals surface area contributed by atoms with E-state index in [-0.39, 0.29) is 18.0 Å². The van der Waals surface area contributed by atoms with Gasteiger partial charge in [-0.05, 0) is 56.0 Å². The Hall–Kier alpha value is -4.19. The summed E-state index contributed by atoms with van der Waals surface area (Å²) in [6, 6.07) is 23.5. The molecule has 0 atom stereocenters. The van der Waals surface area contributed by atoms with E-state index < -0.39 is 0 Å². The monoisotopic (exact) mass is 479 g/mol. The van der Waals surface area contributed by atoms with Crippen LogP contribution in [0.5, 0.6) is 11.5 Å². The molecule has 0 amide bonds. The zero-order chi connectivity index (χ0) is 25.0. The van der Waals surface area contributed by atoms with Gasteiger partial charge in [0.25, 0.3) is 0 Å². The number of carbonyl (C=O) groups excluding carboxylic acids is 1. The third kappa shape index (κ3) is 5.54. The summed E-state index contributed by atoms with van der Waals surface area (Å²) in [5.41, 5.74) is 3.98. The number of aromatic nitrogens is 3. The summed E-state index contributed by atoms with van der Waals surface area (Å²) in [5, 5.41) is 8.51. The molecule has 0 radical (unpaired) electrons. The Balaban J connectivity index is 1.39. The number of fused-ring (bicyclic) bond motifs is 1. The van der Waals surface area contributed by atoms with Crippen molar-refractivity contribution in [2.45, 2.75) is 45.4 Å². The Labute approximate surface area is 211 Å².